The second-order valence-corrected chi connectivity index (χ2v) is 6.36. The Kier molecular flexibility index (Phi) is 2.80. The van der Waals surface area contributed by atoms with E-state index in [1.165, 1.54) is 12.8 Å². The second-order valence-electron chi connectivity index (χ2n) is 5.55. The maximum absolute atomic E-state index is 11.9. The van der Waals surface area contributed by atoms with Gasteiger partial charge in [0.05, 0.1) is 12.2 Å². The van der Waals surface area contributed by atoms with E-state index in [9.17, 15) is 4.79 Å². The van der Waals surface area contributed by atoms with Crippen LogP contribution in [0.15, 0.2) is 22.4 Å². The summed E-state index contributed by atoms with van der Waals surface area (Å²) in [6, 6.07) is 3.53. The van der Waals surface area contributed by atoms with Gasteiger partial charge >= 0.3 is 0 Å². The van der Waals surface area contributed by atoms with Crippen LogP contribution in [0.2, 0.25) is 0 Å². The average Bonchev–Trinajstić information content (AvgIpc) is 3.11. The van der Waals surface area contributed by atoms with Crippen molar-refractivity contribution in [3.8, 4) is 0 Å². The van der Waals surface area contributed by atoms with Crippen molar-refractivity contribution in [1.29, 1.82) is 0 Å². The molecule has 0 N–H and O–H groups in total. The molecule has 2 fully saturated rings. The predicted molar refractivity (Wildman–Crippen MR) is 76.1 cm³/mol. The molecule has 6 nitrogen and oxygen atoms in total. The third-order valence-corrected chi connectivity index (χ3v) is 4.64. The SMILES string of the molecule is O=c1ccc(C2CC2)nn1CC1CN(c2nncs2)C1. The Morgan fingerprint density at radius 3 is 2.85 bits per heavy atom. The molecule has 2 aliphatic rings. The molecule has 0 radical (unpaired) electrons. The third-order valence-electron chi connectivity index (χ3n) is 3.89. The van der Waals surface area contributed by atoms with Crippen LogP contribution < -0.4 is 10.5 Å². The zero-order valence-corrected chi connectivity index (χ0v) is 11.8. The van der Waals surface area contributed by atoms with Crippen LogP contribution in [0.3, 0.4) is 0 Å². The van der Waals surface area contributed by atoms with Crippen LogP contribution >= 0.6 is 11.3 Å². The largest absolute Gasteiger partial charge is 0.346 e. The van der Waals surface area contributed by atoms with Crippen molar-refractivity contribution < 1.29 is 0 Å². The highest BCUT2D eigenvalue weighted by Crippen LogP contribution is 2.38. The number of rotatable bonds is 4. The Balaban J connectivity index is 1.43. The lowest BCUT2D eigenvalue weighted by atomic mass is 10.0. The Bertz CT molecular complexity index is 658. The zero-order chi connectivity index (χ0) is 13.5. The lowest BCUT2D eigenvalue weighted by molar-refractivity contribution is 0.332. The molecule has 0 amide bonds. The van der Waals surface area contributed by atoms with E-state index in [1.54, 1.807) is 27.6 Å². The van der Waals surface area contributed by atoms with Gasteiger partial charge in [-0.25, -0.2) is 4.68 Å². The summed E-state index contributed by atoms with van der Waals surface area (Å²) in [5.74, 6) is 1.06. The van der Waals surface area contributed by atoms with Crippen molar-refractivity contribution in [2.45, 2.75) is 25.3 Å². The highest BCUT2D eigenvalue weighted by atomic mass is 32.1. The van der Waals surface area contributed by atoms with Gasteiger partial charge in [0, 0.05) is 31.0 Å². The molecule has 1 aliphatic carbocycles. The van der Waals surface area contributed by atoms with Crippen LogP contribution in [0, 0.1) is 5.92 Å². The fourth-order valence-electron chi connectivity index (χ4n) is 2.58. The molecule has 20 heavy (non-hydrogen) atoms. The van der Waals surface area contributed by atoms with Gasteiger partial charge in [0.1, 0.15) is 5.51 Å². The number of hydrogen-bond donors (Lipinski definition) is 0. The van der Waals surface area contributed by atoms with Gasteiger partial charge in [-0.15, -0.1) is 10.2 Å². The average molecular weight is 289 g/mol. The van der Waals surface area contributed by atoms with Crippen LogP contribution in [-0.2, 0) is 6.54 Å². The Morgan fingerprint density at radius 1 is 1.30 bits per heavy atom. The lowest BCUT2D eigenvalue weighted by Crippen LogP contribution is -2.49. The number of aromatic nitrogens is 4. The normalized spacial score (nSPS) is 19.1. The number of nitrogens with zero attached hydrogens (tertiary/aromatic N) is 5. The Hall–Kier alpha value is -1.76. The summed E-state index contributed by atoms with van der Waals surface area (Å²) in [6.07, 6.45) is 2.42. The van der Waals surface area contributed by atoms with E-state index in [2.05, 4.69) is 20.2 Å². The van der Waals surface area contributed by atoms with Gasteiger partial charge in [-0.2, -0.15) is 5.10 Å². The highest BCUT2D eigenvalue weighted by molar-refractivity contribution is 7.13. The number of anilines is 1. The lowest BCUT2D eigenvalue weighted by Gasteiger charge is -2.38. The molecule has 0 aromatic carbocycles. The predicted octanol–water partition coefficient (Wildman–Crippen LogP) is 1.11. The zero-order valence-electron chi connectivity index (χ0n) is 11.0. The van der Waals surface area contributed by atoms with Gasteiger partial charge in [-0.1, -0.05) is 11.3 Å². The van der Waals surface area contributed by atoms with Crippen LogP contribution in [0.25, 0.3) is 0 Å². The van der Waals surface area contributed by atoms with Crippen molar-refractivity contribution >= 4 is 16.5 Å². The molecule has 1 aliphatic heterocycles. The molecule has 2 aromatic rings. The van der Waals surface area contributed by atoms with Gasteiger partial charge < -0.3 is 4.90 Å². The summed E-state index contributed by atoms with van der Waals surface area (Å²) in [5.41, 5.74) is 2.82. The maximum Gasteiger partial charge on any atom is 0.266 e. The first kappa shape index (κ1) is 12.0. The van der Waals surface area contributed by atoms with Crippen LogP contribution in [0.5, 0.6) is 0 Å². The van der Waals surface area contributed by atoms with Gasteiger partial charge in [0.25, 0.3) is 5.56 Å². The fourth-order valence-corrected chi connectivity index (χ4v) is 3.16. The first-order chi connectivity index (χ1) is 9.79. The smallest absolute Gasteiger partial charge is 0.266 e. The third kappa shape index (κ3) is 2.22. The maximum atomic E-state index is 11.9. The Labute approximate surface area is 120 Å². The standard InChI is InChI=1S/C13H15N5OS/c19-12-4-3-11(10-1-2-10)16-18(12)7-9-5-17(6-9)13-15-14-8-20-13/h3-4,8-10H,1-2,5-7H2. The van der Waals surface area contributed by atoms with Gasteiger partial charge in [-0.3, -0.25) is 4.79 Å². The molecule has 0 spiro atoms. The minimum absolute atomic E-state index is 0.00349. The molecular formula is C13H15N5OS. The molecule has 3 heterocycles. The summed E-state index contributed by atoms with van der Waals surface area (Å²) >= 11 is 1.55. The van der Waals surface area contributed by atoms with E-state index in [0.717, 1.165) is 23.9 Å². The van der Waals surface area contributed by atoms with Crippen molar-refractivity contribution in [3.05, 3.63) is 33.7 Å². The molecule has 0 bridgehead atoms. The first-order valence-electron chi connectivity index (χ1n) is 6.89. The monoisotopic (exact) mass is 289 g/mol. The highest BCUT2D eigenvalue weighted by Gasteiger charge is 2.30. The molecule has 0 unspecified atom stereocenters. The second kappa shape index (κ2) is 4.66. The van der Waals surface area contributed by atoms with Gasteiger partial charge in [0.15, 0.2) is 0 Å². The molecule has 1 saturated carbocycles. The van der Waals surface area contributed by atoms with Crippen LogP contribution in [0.1, 0.15) is 24.5 Å². The van der Waals surface area contributed by atoms with E-state index in [1.807, 2.05) is 6.07 Å². The minimum Gasteiger partial charge on any atom is -0.346 e. The van der Waals surface area contributed by atoms with Crippen molar-refractivity contribution in [1.82, 2.24) is 20.0 Å². The quantitative estimate of drug-likeness (QED) is 0.843. The van der Waals surface area contributed by atoms with Gasteiger partial charge in [-0.05, 0) is 18.9 Å². The molecule has 0 atom stereocenters. The van der Waals surface area contributed by atoms with E-state index in [-0.39, 0.29) is 5.56 Å². The molecule has 4 rings (SSSR count). The summed E-state index contributed by atoms with van der Waals surface area (Å²) < 4.78 is 1.63. The molecule has 7 heteroatoms. The molecule has 2 aromatic heterocycles. The summed E-state index contributed by atoms with van der Waals surface area (Å²) in [7, 11) is 0. The Morgan fingerprint density at radius 2 is 2.15 bits per heavy atom. The topological polar surface area (TPSA) is 63.9 Å². The van der Waals surface area contributed by atoms with Crippen LogP contribution in [0.4, 0.5) is 5.13 Å². The molecular weight excluding hydrogens is 274 g/mol. The summed E-state index contributed by atoms with van der Waals surface area (Å²) in [4.78, 5) is 14.1. The summed E-state index contributed by atoms with van der Waals surface area (Å²) in [6.45, 7) is 2.56. The molecule has 104 valence electrons. The van der Waals surface area contributed by atoms with E-state index in [4.69, 9.17) is 0 Å². The van der Waals surface area contributed by atoms with Crippen molar-refractivity contribution in [2.24, 2.45) is 5.92 Å². The molecule has 1 saturated heterocycles. The van der Waals surface area contributed by atoms with Crippen LogP contribution in [-0.4, -0.2) is 33.1 Å². The van der Waals surface area contributed by atoms with Gasteiger partial charge in [0.2, 0.25) is 5.13 Å². The minimum atomic E-state index is 0.00349. The van der Waals surface area contributed by atoms with E-state index >= 15 is 0 Å². The van der Waals surface area contributed by atoms with Crippen molar-refractivity contribution in [2.75, 3.05) is 18.0 Å². The van der Waals surface area contributed by atoms with Crippen molar-refractivity contribution in [3.63, 3.8) is 0 Å². The van der Waals surface area contributed by atoms with E-state index in [0.29, 0.717) is 18.4 Å². The fraction of sp³-hybridized carbons (Fsp3) is 0.538. The summed E-state index contributed by atoms with van der Waals surface area (Å²) in [5, 5.41) is 13.4. The first-order valence-corrected chi connectivity index (χ1v) is 7.77. The number of hydrogen-bond acceptors (Lipinski definition) is 6. The van der Waals surface area contributed by atoms with E-state index < -0.39 is 0 Å².